The highest BCUT2D eigenvalue weighted by atomic mass is 16.3. The summed E-state index contributed by atoms with van der Waals surface area (Å²) in [5, 5.41) is 12.6. The Balaban J connectivity index is 1.63. The second-order valence-electron chi connectivity index (χ2n) is 7.27. The zero-order valence-corrected chi connectivity index (χ0v) is 16.7. The Bertz CT molecular complexity index is 949. The lowest BCUT2D eigenvalue weighted by molar-refractivity contribution is -0.121. The normalized spacial score (nSPS) is 12.5. The van der Waals surface area contributed by atoms with Crippen LogP contribution in [0.5, 0.6) is 0 Å². The molecule has 1 atom stereocenters. The molecule has 1 heterocycles. The van der Waals surface area contributed by atoms with Gasteiger partial charge >= 0.3 is 0 Å². The van der Waals surface area contributed by atoms with Crippen LogP contribution in [0.3, 0.4) is 0 Å². The van der Waals surface area contributed by atoms with Gasteiger partial charge in [0, 0.05) is 19.5 Å². The monoisotopic (exact) mass is 380 g/mol. The van der Waals surface area contributed by atoms with Gasteiger partial charge in [0.25, 0.3) is 0 Å². The molecule has 0 radical (unpaired) electrons. The number of aromatic nitrogens is 2. The van der Waals surface area contributed by atoms with Crippen LogP contribution >= 0.6 is 0 Å². The molecule has 0 bridgehead atoms. The number of aliphatic hydroxyl groups excluding tert-OH is 1. The van der Waals surface area contributed by atoms with Gasteiger partial charge in [-0.25, -0.2) is 4.98 Å². The van der Waals surface area contributed by atoms with Crippen molar-refractivity contribution in [3.8, 4) is 0 Å². The maximum atomic E-state index is 12.5. The van der Waals surface area contributed by atoms with E-state index in [0.717, 1.165) is 11.0 Å². The van der Waals surface area contributed by atoms with Gasteiger partial charge in [-0.15, -0.1) is 0 Å². The lowest BCUT2D eigenvalue weighted by Crippen LogP contribution is -2.35. The molecule has 6 heteroatoms. The number of rotatable bonds is 8. The van der Waals surface area contributed by atoms with Crippen molar-refractivity contribution in [1.82, 2.24) is 19.8 Å². The Morgan fingerprint density at radius 3 is 2.71 bits per heavy atom. The number of carbonyl (C=O) groups is 1. The third-order valence-electron chi connectivity index (χ3n) is 4.98. The summed E-state index contributed by atoms with van der Waals surface area (Å²) < 4.78 is 1.92. The van der Waals surface area contributed by atoms with Gasteiger partial charge in [0.05, 0.1) is 17.1 Å². The van der Waals surface area contributed by atoms with Crippen LogP contribution in [0.4, 0.5) is 0 Å². The van der Waals surface area contributed by atoms with E-state index in [1.807, 2.05) is 49.0 Å². The summed E-state index contributed by atoms with van der Waals surface area (Å²) in [5.74, 6) is 0.570. The number of fused-ring (bicyclic) bond motifs is 1. The molecule has 1 aromatic heterocycles. The molecule has 148 valence electrons. The van der Waals surface area contributed by atoms with Gasteiger partial charge in [-0.05, 0) is 38.7 Å². The maximum Gasteiger partial charge on any atom is 0.221 e. The number of amides is 1. The number of aryl methyl sites for hydroxylation is 2. The predicted molar refractivity (Wildman–Crippen MR) is 111 cm³/mol. The average molecular weight is 380 g/mol. The lowest BCUT2D eigenvalue weighted by atomic mass is 10.0. The zero-order valence-electron chi connectivity index (χ0n) is 16.7. The highest BCUT2D eigenvalue weighted by Gasteiger charge is 2.16. The van der Waals surface area contributed by atoms with E-state index < -0.39 is 0 Å². The van der Waals surface area contributed by atoms with E-state index in [0.29, 0.717) is 25.3 Å². The molecule has 3 rings (SSSR count). The van der Waals surface area contributed by atoms with E-state index in [4.69, 9.17) is 0 Å². The fourth-order valence-electron chi connectivity index (χ4n) is 3.48. The van der Waals surface area contributed by atoms with Crippen molar-refractivity contribution < 1.29 is 9.90 Å². The highest BCUT2D eigenvalue weighted by molar-refractivity contribution is 5.78. The molecular formula is C22H28N4O2. The minimum absolute atomic E-state index is 0.0128. The third-order valence-corrected chi connectivity index (χ3v) is 4.98. The Morgan fingerprint density at radius 2 is 2.00 bits per heavy atom. The van der Waals surface area contributed by atoms with E-state index in [1.54, 1.807) is 0 Å². The third kappa shape index (κ3) is 4.58. The molecule has 6 nitrogen and oxygen atoms in total. The molecular weight excluding hydrogens is 352 g/mol. The Hall–Kier alpha value is -2.70. The first-order chi connectivity index (χ1) is 13.5. The van der Waals surface area contributed by atoms with E-state index >= 15 is 0 Å². The van der Waals surface area contributed by atoms with Crippen LogP contribution in [0, 0.1) is 6.92 Å². The van der Waals surface area contributed by atoms with Crippen LogP contribution in [0.15, 0.2) is 48.5 Å². The van der Waals surface area contributed by atoms with Gasteiger partial charge in [0.2, 0.25) is 5.91 Å². The number of para-hydroxylation sites is 2. The van der Waals surface area contributed by atoms with Gasteiger partial charge in [-0.2, -0.15) is 0 Å². The first kappa shape index (κ1) is 20.0. The summed E-state index contributed by atoms with van der Waals surface area (Å²) in [7, 11) is 4.04. The van der Waals surface area contributed by atoms with E-state index in [2.05, 4.69) is 40.3 Å². The smallest absolute Gasteiger partial charge is 0.221 e. The SMILES string of the molecule is Cc1cccc([C@@H](CNC(=O)CCn2c(CO)nc3ccccc32)N(C)C)c1. The number of carbonyl (C=O) groups excluding carboxylic acids is 1. The highest BCUT2D eigenvalue weighted by Crippen LogP contribution is 2.19. The van der Waals surface area contributed by atoms with Crippen molar-refractivity contribution in [2.75, 3.05) is 20.6 Å². The molecule has 0 saturated heterocycles. The number of aliphatic hydroxyl groups is 1. The molecule has 0 aliphatic rings. The molecule has 0 aliphatic carbocycles. The number of hydrogen-bond donors (Lipinski definition) is 2. The minimum Gasteiger partial charge on any atom is -0.388 e. The fraction of sp³-hybridized carbons (Fsp3) is 0.364. The first-order valence-electron chi connectivity index (χ1n) is 9.54. The van der Waals surface area contributed by atoms with Crippen molar-refractivity contribution in [2.24, 2.45) is 0 Å². The standard InChI is InChI=1S/C22H28N4O2/c1-16-7-6-8-17(13-16)20(25(2)3)14-23-22(28)11-12-26-19-10-5-4-9-18(19)24-21(26)15-27/h4-10,13,20,27H,11-12,14-15H2,1-3H3,(H,23,28)/t20-/m1/s1. The fourth-order valence-corrected chi connectivity index (χ4v) is 3.48. The second-order valence-corrected chi connectivity index (χ2v) is 7.27. The summed E-state index contributed by atoms with van der Waals surface area (Å²) in [6, 6.07) is 16.2. The number of likely N-dealkylation sites (N-methyl/N-ethyl adjacent to an activating group) is 1. The van der Waals surface area contributed by atoms with E-state index in [1.165, 1.54) is 11.1 Å². The van der Waals surface area contributed by atoms with Crippen LogP contribution in [0.1, 0.15) is 29.4 Å². The molecule has 0 spiro atoms. The summed E-state index contributed by atoms with van der Waals surface area (Å²) in [6.45, 7) is 2.96. The molecule has 2 aromatic carbocycles. The first-order valence-corrected chi connectivity index (χ1v) is 9.54. The predicted octanol–water partition coefficient (Wildman–Crippen LogP) is 2.65. The molecule has 3 aromatic rings. The average Bonchev–Trinajstić information content (AvgIpc) is 3.04. The number of hydrogen-bond acceptors (Lipinski definition) is 4. The van der Waals surface area contributed by atoms with Gasteiger partial charge < -0.3 is 19.9 Å². The van der Waals surface area contributed by atoms with Crippen LogP contribution in [-0.4, -0.2) is 46.1 Å². The van der Waals surface area contributed by atoms with Crippen molar-refractivity contribution in [1.29, 1.82) is 0 Å². The van der Waals surface area contributed by atoms with Crippen molar-refractivity contribution in [2.45, 2.75) is 32.5 Å². The Morgan fingerprint density at radius 1 is 1.21 bits per heavy atom. The summed E-state index contributed by atoms with van der Waals surface area (Å²) >= 11 is 0. The van der Waals surface area contributed by atoms with Gasteiger partial charge in [0.15, 0.2) is 0 Å². The molecule has 1 amide bonds. The van der Waals surface area contributed by atoms with Crippen LogP contribution in [-0.2, 0) is 17.9 Å². The molecule has 28 heavy (non-hydrogen) atoms. The van der Waals surface area contributed by atoms with Gasteiger partial charge in [0.1, 0.15) is 12.4 Å². The van der Waals surface area contributed by atoms with Crippen LogP contribution in [0.25, 0.3) is 11.0 Å². The largest absolute Gasteiger partial charge is 0.388 e. The number of nitrogens with one attached hydrogen (secondary N) is 1. The molecule has 0 fully saturated rings. The Labute approximate surface area is 165 Å². The number of imidazole rings is 1. The quantitative estimate of drug-likeness (QED) is 0.630. The minimum atomic E-state index is -0.146. The summed E-state index contributed by atoms with van der Waals surface area (Å²) in [6.07, 6.45) is 0.335. The van der Waals surface area contributed by atoms with Crippen LogP contribution < -0.4 is 5.32 Å². The summed E-state index contributed by atoms with van der Waals surface area (Å²) in [5.41, 5.74) is 4.16. The molecule has 0 saturated carbocycles. The van der Waals surface area contributed by atoms with Crippen molar-refractivity contribution in [3.05, 3.63) is 65.5 Å². The maximum absolute atomic E-state index is 12.5. The van der Waals surface area contributed by atoms with Gasteiger partial charge in [-0.3, -0.25) is 4.79 Å². The second kappa shape index (κ2) is 8.99. The topological polar surface area (TPSA) is 70.4 Å². The Kier molecular flexibility index (Phi) is 6.44. The number of benzene rings is 2. The molecule has 0 unspecified atom stereocenters. The van der Waals surface area contributed by atoms with Gasteiger partial charge in [-0.1, -0.05) is 42.0 Å². The molecule has 2 N–H and O–H groups in total. The van der Waals surface area contributed by atoms with Crippen LogP contribution in [0.2, 0.25) is 0 Å². The van der Waals surface area contributed by atoms with Crippen molar-refractivity contribution >= 4 is 16.9 Å². The number of nitrogens with zero attached hydrogens (tertiary/aromatic N) is 3. The van der Waals surface area contributed by atoms with E-state index in [9.17, 15) is 9.90 Å². The van der Waals surface area contributed by atoms with E-state index in [-0.39, 0.29) is 18.6 Å². The zero-order chi connectivity index (χ0) is 20.1. The lowest BCUT2D eigenvalue weighted by Gasteiger charge is -2.25. The summed E-state index contributed by atoms with van der Waals surface area (Å²) in [4.78, 5) is 19.0. The molecule has 0 aliphatic heterocycles. The van der Waals surface area contributed by atoms with Crippen molar-refractivity contribution in [3.63, 3.8) is 0 Å².